The molecule has 0 aliphatic carbocycles. The van der Waals surface area contributed by atoms with Crippen molar-refractivity contribution < 1.29 is 24.3 Å². The first-order chi connectivity index (χ1) is 11.8. The normalized spacial score (nSPS) is 16.7. The fraction of sp³-hybridized carbons (Fsp3) is 0.333. The molecule has 134 valence electrons. The Balaban J connectivity index is 1.93. The number of imide groups is 1. The van der Waals surface area contributed by atoms with Gasteiger partial charge in [0.15, 0.2) is 0 Å². The van der Waals surface area contributed by atoms with E-state index in [0.29, 0.717) is 5.02 Å². The highest BCUT2D eigenvalue weighted by molar-refractivity contribution is 6.42. The number of amides is 4. The molecule has 3 N–H and O–H groups in total. The van der Waals surface area contributed by atoms with E-state index in [4.69, 9.17) is 28.3 Å². The summed E-state index contributed by atoms with van der Waals surface area (Å²) in [5.41, 5.74) is 0.283. The number of hydrogen-bond donors (Lipinski definition) is 3. The number of hydrogen-bond acceptors (Lipinski definition) is 4. The molecule has 1 heterocycles. The summed E-state index contributed by atoms with van der Waals surface area (Å²) in [6.45, 7) is 0.00847. The van der Waals surface area contributed by atoms with Crippen LogP contribution < -0.4 is 15.5 Å². The van der Waals surface area contributed by atoms with Crippen LogP contribution in [0.15, 0.2) is 18.2 Å². The molecular weight excluding hydrogens is 373 g/mol. The Bertz CT molecular complexity index is 725. The van der Waals surface area contributed by atoms with Crippen LogP contribution in [0.3, 0.4) is 0 Å². The first-order valence-corrected chi connectivity index (χ1v) is 8.13. The van der Waals surface area contributed by atoms with Crippen LogP contribution in [0.5, 0.6) is 0 Å². The smallest absolute Gasteiger partial charge is 0.329 e. The van der Waals surface area contributed by atoms with E-state index < -0.39 is 29.9 Å². The van der Waals surface area contributed by atoms with Gasteiger partial charge in [-0.15, -0.1) is 0 Å². The van der Waals surface area contributed by atoms with E-state index in [1.54, 1.807) is 0 Å². The SMILES string of the molecule is O=C(O)CCNC(=O)CC[C@@H]1NC(=O)N(c2ccc(Cl)c(Cl)c2)C1=O. The number of carboxylic acid groups (broad SMARTS) is 1. The molecule has 2 rings (SSSR count). The molecule has 4 amide bonds. The number of carbonyl (C=O) groups is 4. The van der Waals surface area contributed by atoms with Crippen LogP contribution in [0.25, 0.3) is 0 Å². The molecule has 0 bridgehead atoms. The molecule has 10 heteroatoms. The third-order valence-corrected chi connectivity index (χ3v) is 4.24. The third-order valence-electron chi connectivity index (χ3n) is 3.50. The summed E-state index contributed by atoms with van der Waals surface area (Å²) in [7, 11) is 0. The molecule has 1 aromatic rings. The van der Waals surface area contributed by atoms with Crippen molar-refractivity contribution in [1.82, 2.24) is 10.6 Å². The van der Waals surface area contributed by atoms with Gasteiger partial charge in [0.25, 0.3) is 5.91 Å². The van der Waals surface area contributed by atoms with E-state index in [-0.39, 0.29) is 36.5 Å². The number of carboxylic acids is 1. The molecule has 1 aliphatic heterocycles. The summed E-state index contributed by atoms with van der Waals surface area (Å²) in [5.74, 6) is -1.91. The van der Waals surface area contributed by atoms with E-state index in [0.717, 1.165) is 4.90 Å². The Kier molecular flexibility index (Phi) is 6.22. The number of anilines is 1. The first-order valence-electron chi connectivity index (χ1n) is 7.37. The quantitative estimate of drug-likeness (QED) is 0.616. The number of nitrogens with zero attached hydrogens (tertiary/aromatic N) is 1. The second-order valence-electron chi connectivity index (χ2n) is 5.31. The van der Waals surface area contributed by atoms with Gasteiger partial charge in [0.1, 0.15) is 6.04 Å². The van der Waals surface area contributed by atoms with Crippen LogP contribution in [0.4, 0.5) is 10.5 Å². The summed E-state index contributed by atoms with van der Waals surface area (Å²) in [6, 6.07) is 2.92. The third kappa shape index (κ3) is 4.83. The Morgan fingerprint density at radius 3 is 2.56 bits per heavy atom. The van der Waals surface area contributed by atoms with Gasteiger partial charge in [0.05, 0.1) is 22.2 Å². The van der Waals surface area contributed by atoms with Crippen molar-refractivity contribution in [2.45, 2.75) is 25.3 Å². The van der Waals surface area contributed by atoms with Crippen molar-refractivity contribution in [3.63, 3.8) is 0 Å². The van der Waals surface area contributed by atoms with Gasteiger partial charge < -0.3 is 15.7 Å². The molecule has 0 aromatic heterocycles. The molecule has 0 spiro atoms. The zero-order valence-electron chi connectivity index (χ0n) is 12.9. The summed E-state index contributed by atoms with van der Waals surface area (Å²) < 4.78 is 0. The predicted molar refractivity (Wildman–Crippen MR) is 90.8 cm³/mol. The fourth-order valence-corrected chi connectivity index (χ4v) is 2.56. The van der Waals surface area contributed by atoms with Crippen LogP contribution in [0.2, 0.25) is 10.0 Å². The second kappa shape index (κ2) is 8.17. The molecule has 25 heavy (non-hydrogen) atoms. The zero-order chi connectivity index (χ0) is 18.6. The van der Waals surface area contributed by atoms with Gasteiger partial charge in [-0.3, -0.25) is 14.4 Å². The average molecular weight is 388 g/mol. The lowest BCUT2D eigenvalue weighted by Crippen LogP contribution is -2.33. The summed E-state index contributed by atoms with van der Waals surface area (Å²) in [6.07, 6.45) is -0.108. The number of halogens is 2. The van der Waals surface area contributed by atoms with E-state index in [1.807, 2.05) is 0 Å². The number of urea groups is 1. The van der Waals surface area contributed by atoms with Crippen LogP contribution in [0.1, 0.15) is 19.3 Å². The van der Waals surface area contributed by atoms with E-state index in [2.05, 4.69) is 10.6 Å². The highest BCUT2D eigenvalue weighted by atomic mass is 35.5. The topological polar surface area (TPSA) is 116 Å². The standard InChI is InChI=1S/C15H15Cl2N3O5/c16-9-2-1-8(7-10(9)17)20-14(24)11(19-15(20)25)3-4-12(21)18-6-5-13(22)23/h1-2,7,11H,3-6H2,(H,18,21)(H,19,25)(H,22,23)/t11-/m0/s1. The molecule has 0 unspecified atom stereocenters. The number of rotatable bonds is 7. The van der Waals surface area contributed by atoms with Crippen molar-refractivity contribution >= 4 is 52.7 Å². The van der Waals surface area contributed by atoms with Gasteiger partial charge in [-0.25, -0.2) is 9.69 Å². The Morgan fingerprint density at radius 1 is 1.20 bits per heavy atom. The maximum Gasteiger partial charge on any atom is 0.329 e. The summed E-state index contributed by atoms with van der Waals surface area (Å²) >= 11 is 11.7. The van der Waals surface area contributed by atoms with Gasteiger partial charge in [-0.05, 0) is 24.6 Å². The molecule has 0 radical (unpaired) electrons. The number of aliphatic carboxylic acids is 1. The lowest BCUT2D eigenvalue weighted by Gasteiger charge is -2.13. The number of nitrogens with one attached hydrogen (secondary N) is 2. The number of benzene rings is 1. The minimum Gasteiger partial charge on any atom is -0.481 e. The Labute approximate surface area is 153 Å². The van der Waals surface area contributed by atoms with Crippen LogP contribution in [0, 0.1) is 0 Å². The molecule has 1 saturated heterocycles. The van der Waals surface area contributed by atoms with Crippen molar-refractivity contribution in [2.75, 3.05) is 11.4 Å². The Hall–Kier alpha value is -2.32. The van der Waals surface area contributed by atoms with Crippen molar-refractivity contribution in [3.8, 4) is 0 Å². The van der Waals surface area contributed by atoms with E-state index in [9.17, 15) is 19.2 Å². The largest absolute Gasteiger partial charge is 0.481 e. The lowest BCUT2D eigenvalue weighted by molar-refractivity contribution is -0.137. The number of carbonyl (C=O) groups excluding carboxylic acids is 3. The maximum atomic E-state index is 12.4. The molecule has 8 nitrogen and oxygen atoms in total. The minimum atomic E-state index is -1.02. The second-order valence-corrected chi connectivity index (χ2v) is 6.12. The molecular formula is C15H15Cl2N3O5. The van der Waals surface area contributed by atoms with Crippen LogP contribution in [-0.2, 0) is 14.4 Å². The monoisotopic (exact) mass is 387 g/mol. The Morgan fingerprint density at radius 2 is 1.92 bits per heavy atom. The lowest BCUT2D eigenvalue weighted by atomic mass is 10.1. The van der Waals surface area contributed by atoms with Crippen LogP contribution >= 0.6 is 23.2 Å². The molecule has 1 atom stereocenters. The molecule has 1 fully saturated rings. The minimum absolute atomic E-state index is 0.00847. The van der Waals surface area contributed by atoms with Crippen molar-refractivity contribution in [3.05, 3.63) is 28.2 Å². The summed E-state index contributed by atoms with van der Waals surface area (Å²) in [5, 5.41) is 13.9. The fourth-order valence-electron chi connectivity index (χ4n) is 2.27. The average Bonchev–Trinajstić information content (AvgIpc) is 2.82. The zero-order valence-corrected chi connectivity index (χ0v) is 14.4. The van der Waals surface area contributed by atoms with E-state index in [1.165, 1.54) is 18.2 Å². The highest BCUT2D eigenvalue weighted by Gasteiger charge is 2.39. The predicted octanol–water partition coefficient (Wildman–Crippen LogP) is 1.79. The van der Waals surface area contributed by atoms with Gasteiger partial charge in [-0.1, -0.05) is 23.2 Å². The van der Waals surface area contributed by atoms with Crippen LogP contribution in [-0.4, -0.2) is 41.5 Å². The first kappa shape index (κ1) is 19.0. The van der Waals surface area contributed by atoms with E-state index >= 15 is 0 Å². The molecule has 0 saturated carbocycles. The van der Waals surface area contributed by atoms with Gasteiger partial charge >= 0.3 is 12.0 Å². The molecule has 1 aliphatic rings. The van der Waals surface area contributed by atoms with Crippen molar-refractivity contribution in [2.24, 2.45) is 0 Å². The summed E-state index contributed by atoms with van der Waals surface area (Å²) in [4.78, 5) is 47.4. The van der Waals surface area contributed by atoms with Gasteiger partial charge in [-0.2, -0.15) is 0 Å². The van der Waals surface area contributed by atoms with Gasteiger partial charge in [0, 0.05) is 13.0 Å². The molecule has 1 aromatic carbocycles. The maximum absolute atomic E-state index is 12.4. The highest BCUT2D eigenvalue weighted by Crippen LogP contribution is 2.29. The van der Waals surface area contributed by atoms with Crippen molar-refractivity contribution in [1.29, 1.82) is 0 Å². The van der Waals surface area contributed by atoms with Gasteiger partial charge in [0.2, 0.25) is 5.91 Å².